The number of carboxylic acid groups (broad SMARTS) is 1. The van der Waals surface area contributed by atoms with Gasteiger partial charge in [0.25, 0.3) is 0 Å². The van der Waals surface area contributed by atoms with Crippen molar-refractivity contribution in [3.8, 4) is 5.75 Å². The summed E-state index contributed by atoms with van der Waals surface area (Å²) < 4.78 is 0. The summed E-state index contributed by atoms with van der Waals surface area (Å²) in [5, 5.41) is 24.4. The molecule has 0 bridgehead atoms. The maximum absolute atomic E-state index is 13.9. The number of hydrogen-bond donors (Lipinski definition) is 6. The highest BCUT2D eigenvalue weighted by atomic mass is 16.4. The number of carbonyl (C=O) groups is 5. The number of aromatic hydroxyl groups is 1. The van der Waals surface area contributed by atoms with Crippen molar-refractivity contribution in [2.75, 3.05) is 0 Å². The molecule has 0 aliphatic carbocycles. The minimum atomic E-state index is -1.40. The highest BCUT2D eigenvalue weighted by Gasteiger charge is 2.38. The number of nitrogens with two attached hydrogens (primary N) is 2. The third kappa shape index (κ3) is 8.89. The third-order valence-electron chi connectivity index (χ3n) is 7.75. The lowest BCUT2D eigenvalue weighted by Gasteiger charge is -2.38. The second-order valence-corrected chi connectivity index (χ2v) is 11.1. The summed E-state index contributed by atoms with van der Waals surface area (Å²) in [6.07, 6.45) is -0.0840. The van der Waals surface area contributed by atoms with Crippen LogP contribution in [0.15, 0.2) is 78.9 Å². The molecule has 0 unspecified atom stereocenters. The molecule has 3 aromatic carbocycles. The fourth-order valence-electron chi connectivity index (χ4n) is 5.32. The number of fused-ring (bicyclic) bond motifs is 1. The molecule has 45 heavy (non-hydrogen) atoms. The van der Waals surface area contributed by atoms with Gasteiger partial charge in [0, 0.05) is 25.8 Å². The van der Waals surface area contributed by atoms with E-state index in [2.05, 4.69) is 10.6 Å². The van der Waals surface area contributed by atoms with E-state index in [0.717, 1.165) is 16.7 Å². The van der Waals surface area contributed by atoms with Gasteiger partial charge in [-0.2, -0.15) is 0 Å². The van der Waals surface area contributed by atoms with Gasteiger partial charge >= 0.3 is 5.97 Å². The van der Waals surface area contributed by atoms with Gasteiger partial charge < -0.3 is 37.2 Å². The Morgan fingerprint density at radius 1 is 0.822 bits per heavy atom. The standard InChI is InChI=1S/C33H37N5O7/c34-25(16-21-10-12-24(39)13-11-21)32(43)38-19-23-9-5-4-8-22(23)18-28(38)31(42)37-27(17-20-6-2-1-3-7-20)30(41)36-26(33(44)45)14-15-29(35)40/h1-13,25-28,39H,14-19,34H2,(H2,35,40)(H,36,41)(H,37,42)(H,44,45)/t25-,26-,27-,28-/m0/s1. The molecule has 1 aliphatic rings. The number of phenols is 1. The minimum Gasteiger partial charge on any atom is -0.508 e. The summed E-state index contributed by atoms with van der Waals surface area (Å²) in [7, 11) is 0. The number of rotatable bonds is 13. The van der Waals surface area contributed by atoms with Crippen LogP contribution < -0.4 is 22.1 Å². The van der Waals surface area contributed by atoms with Crippen LogP contribution in [0.2, 0.25) is 0 Å². The van der Waals surface area contributed by atoms with Gasteiger partial charge in [-0.3, -0.25) is 19.2 Å². The van der Waals surface area contributed by atoms with Gasteiger partial charge in [-0.15, -0.1) is 0 Å². The van der Waals surface area contributed by atoms with Crippen molar-refractivity contribution in [1.29, 1.82) is 0 Å². The van der Waals surface area contributed by atoms with E-state index in [1.54, 1.807) is 42.5 Å². The number of nitrogens with one attached hydrogen (secondary N) is 2. The largest absolute Gasteiger partial charge is 0.508 e. The minimum absolute atomic E-state index is 0.0399. The Kier molecular flexibility index (Phi) is 10.9. The van der Waals surface area contributed by atoms with E-state index in [1.807, 2.05) is 24.3 Å². The first kappa shape index (κ1) is 32.7. The molecule has 0 spiro atoms. The predicted molar refractivity (Wildman–Crippen MR) is 164 cm³/mol. The number of hydrogen-bond acceptors (Lipinski definition) is 7. The maximum Gasteiger partial charge on any atom is 0.326 e. The van der Waals surface area contributed by atoms with E-state index >= 15 is 0 Å². The van der Waals surface area contributed by atoms with Gasteiger partial charge in [-0.25, -0.2) is 4.79 Å². The van der Waals surface area contributed by atoms with Crippen LogP contribution in [0.25, 0.3) is 0 Å². The molecule has 12 heteroatoms. The topological polar surface area (TPSA) is 205 Å². The van der Waals surface area contributed by atoms with E-state index in [-0.39, 0.29) is 44.4 Å². The zero-order chi connectivity index (χ0) is 32.5. The number of benzene rings is 3. The second-order valence-electron chi connectivity index (χ2n) is 11.1. The van der Waals surface area contributed by atoms with E-state index in [9.17, 15) is 34.2 Å². The molecule has 12 nitrogen and oxygen atoms in total. The number of amides is 4. The van der Waals surface area contributed by atoms with Crippen molar-refractivity contribution >= 4 is 29.6 Å². The molecule has 0 saturated heterocycles. The summed E-state index contributed by atoms with van der Waals surface area (Å²) in [5.74, 6) is -3.80. The second kappa shape index (κ2) is 15.0. The Balaban J connectivity index is 1.58. The Labute approximate surface area is 260 Å². The molecule has 236 valence electrons. The summed E-state index contributed by atoms with van der Waals surface area (Å²) in [6, 6.07) is 18.0. The SMILES string of the molecule is NC(=O)CC[C@H](NC(=O)[C@H](Cc1ccccc1)NC(=O)[C@@H]1Cc2ccccc2CN1C(=O)[C@@H](N)Cc1ccc(O)cc1)C(=O)O. The molecular formula is C33H37N5O7. The fraction of sp³-hybridized carbons (Fsp3) is 0.303. The number of primary amides is 1. The van der Waals surface area contributed by atoms with Crippen molar-refractivity contribution < 1.29 is 34.2 Å². The normalized spacial score (nSPS) is 16.0. The molecule has 1 heterocycles. The van der Waals surface area contributed by atoms with E-state index in [1.165, 1.54) is 17.0 Å². The van der Waals surface area contributed by atoms with Crippen molar-refractivity contribution in [3.63, 3.8) is 0 Å². The summed E-state index contributed by atoms with van der Waals surface area (Å²) >= 11 is 0. The first-order chi connectivity index (χ1) is 21.5. The Morgan fingerprint density at radius 2 is 1.44 bits per heavy atom. The average Bonchev–Trinajstić information content (AvgIpc) is 3.02. The number of carbonyl (C=O) groups excluding carboxylic acids is 4. The molecule has 8 N–H and O–H groups in total. The van der Waals surface area contributed by atoms with Gasteiger partial charge in [0.1, 0.15) is 23.9 Å². The van der Waals surface area contributed by atoms with Crippen LogP contribution >= 0.6 is 0 Å². The monoisotopic (exact) mass is 615 g/mol. The van der Waals surface area contributed by atoms with Crippen molar-refractivity contribution in [2.45, 2.75) is 62.8 Å². The van der Waals surface area contributed by atoms with Crippen LogP contribution in [-0.2, 0) is 49.8 Å². The van der Waals surface area contributed by atoms with Gasteiger partial charge in [-0.05, 0) is 47.2 Å². The van der Waals surface area contributed by atoms with Gasteiger partial charge in [0.05, 0.1) is 6.04 Å². The third-order valence-corrected chi connectivity index (χ3v) is 7.75. The lowest BCUT2D eigenvalue weighted by molar-refractivity contribution is -0.144. The Bertz CT molecular complexity index is 1530. The van der Waals surface area contributed by atoms with Gasteiger partial charge in [0.15, 0.2) is 0 Å². The highest BCUT2D eigenvalue weighted by molar-refractivity contribution is 5.95. The van der Waals surface area contributed by atoms with Crippen molar-refractivity contribution in [1.82, 2.24) is 15.5 Å². The summed E-state index contributed by atoms with van der Waals surface area (Å²) in [6.45, 7) is 0.125. The lowest BCUT2D eigenvalue weighted by atomic mass is 9.92. The first-order valence-corrected chi connectivity index (χ1v) is 14.6. The fourth-order valence-corrected chi connectivity index (χ4v) is 5.32. The van der Waals surface area contributed by atoms with Crippen LogP contribution in [0, 0.1) is 0 Å². The smallest absolute Gasteiger partial charge is 0.326 e. The molecule has 0 fully saturated rings. The van der Waals surface area contributed by atoms with Crippen molar-refractivity contribution in [3.05, 3.63) is 101 Å². The maximum atomic E-state index is 13.9. The number of aliphatic carboxylic acids is 1. The van der Waals surface area contributed by atoms with Crippen LogP contribution in [0.3, 0.4) is 0 Å². The molecule has 0 saturated carbocycles. The molecule has 0 radical (unpaired) electrons. The van der Waals surface area contributed by atoms with Crippen LogP contribution in [0.5, 0.6) is 5.75 Å². The van der Waals surface area contributed by atoms with Crippen LogP contribution in [0.1, 0.15) is 35.1 Å². The number of carboxylic acids is 1. The van der Waals surface area contributed by atoms with Crippen LogP contribution in [0.4, 0.5) is 0 Å². The molecular weight excluding hydrogens is 578 g/mol. The van der Waals surface area contributed by atoms with E-state index in [4.69, 9.17) is 11.5 Å². The number of nitrogens with zero attached hydrogens (tertiary/aromatic N) is 1. The molecule has 3 aromatic rings. The zero-order valence-corrected chi connectivity index (χ0v) is 24.6. The first-order valence-electron chi connectivity index (χ1n) is 14.6. The lowest BCUT2D eigenvalue weighted by Crippen LogP contribution is -2.60. The highest BCUT2D eigenvalue weighted by Crippen LogP contribution is 2.25. The Morgan fingerprint density at radius 3 is 2.09 bits per heavy atom. The summed E-state index contributed by atoms with van der Waals surface area (Å²) in [5.41, 5.74) is 14.7. The summed E-state index contributed by atoms with van der Waals surface area (Å²) in [4.78, 5) is 65.6. The van der Waals surface area contributed by atoms with Crippen molar-refractivity contribution in [2.24, 2.45) is 11.5 Å². The molecule has 1 aliphatic heterocycles. The molecule has 4 atom stereocenters. The van der Waals surface area contributed by atoms with E-state index in [0.29, 0.717) is 5.56 Å². The zero-order valence-electron chi connectivity index (χ0n) is 24.6. The van der Waals surface area contributed by atoms with Crippen LogP contribution in [-0.4, -0.2) is 68.9 Å². The van der Waals surface area contributed by atoms with E-state index < -0.39 is 53.8 Å². The quantitative estimate of drug-likeness (QED) is 0.162. The predicted octanol–water partition coefficient (Wildman–Crippen LogP) is 0.778. The average molecular weight is 616 g/mol. The Hall–Kier alpha value is -5.23. The van der Waals surface area contributed by atoms with Gasteiger partial charge in [-0.1, -0.05) is 66.7 Å². The molecule has 4 rings (SSSR count). The van der Waals surface area contributed by atoms with Gasteiger partial charge in [0.2, 0.25) is 23.6 Å². The molecule has 0 aromatic heterocycles. The molecule has 4 amide bonds. The number of phenolic OH excluding ortho intramolecular Hbond substituents is 1.